The number of hydrogen-bond acceptors (Lipinski definition) is 3. The normalized spacial score (nSPS) is 10.4. The van der Waals surface area contributed by atoms with Gasteiger partial charge in [-0.05, 0) is 31.2 Å². The number of carbonyl (C=O) groups is 1. The Balaban J connectivity index is 2.38. The summed E-state index contributed by atoms with van der Waals surface area (Å²) in [5.74, 6) is -0.852. The van der Waals surface area contributed by atoms with Gasteiger partial charge >= 0.3 is 5.97 Å². The van der Waals surface area contributed by atoms with Crippen molar-refractivity contribution in [2.45, 2.75) is 6.92 Å². The highest BCUT2D eigenvalue weighted by molar-refractivity contribution is 7.23. The highest BCUT2D eigenvalue weighted by atomic mass is 32.1. The van der Waals surface area contributed by atoms with E-state index in [1.807, 2.05) is 25.1 Å². The van der Waals surface area contributed by atoms with Gasteiger partial charge in [-0.15, -0.1) is 22.7 Å². The molecule has 2 heterocycles. The highest BCUT2D eigenvalue weighted by Gasteiger charge is 2.09. The molecule has 0 radical (unpaired) electrons. The predicted molar refractivity (Wildman–Crippen MR) is 59.3 cm³/mol. The number of carboxylic acids is 1. The lowest BCUT2D eigenvalue weighted by molar-refractivity contribution is 0.0702. The summed E-state index contributed by atoms with van der Waals surface area (Å²) < 4.78 is 0. The molecule has 0 saturated carbocycles. The molecule has 0 atom stereocenters. The van der Waals surface area contributed by atoms with Crippen molar-refractivity contribution in [3.05, 3.63) is 34.0 Å². The van der Waals surface area contributed by atoms with Gasteiger partial charge in [-0.1, -0.05) is 0 Å². The van der Waals surface area contributed by atoms with E-state index in [0.717, 1.165) is 9.75 Å². The summed E-state index contributed by atoms with van der Waals surface area (Å²) in [5.41, 5.74) is 0. The van der Waals surface area contributed by atoms with Crippen LogP contribution in [0.4, 0.5) is 0 Å². The molecule has 0 aliphatic carbocycles. The molecule has 0 fully saturated rings. The summed E-state index contributed by atoms with van der Waals surface area (Å²) in [5, 5.41) is 8.76. The summed E-state index contributed by atoms with van der Waals surface area (Å²) in [7, 11) is 0. The van der Waals surface area contributed by atoms with Crippen molar-refractivity contribution in [3.8, 4) is 9.75 Å². The van der Waals surface area contributed by atoms with Crippen molar-refractivity contribution in [2.75, 3.05) is 0 Å². The van der Waals surface area contributed by atoms with Gasteiger partial charge in [0.2, 0.25) is 0 Å². The average Bonchev–Trinajstić information content (AvgIpc) is 2.70. The Morgan fingerprint density at radius 2 is 1.79 bits per heavy atom. The van der Waals surface area contributed by atoms with Gasteiger partial charge in [-0.3, -0.25) is 0 Å². The van der Waals surface area contributed by atoms with E-state index in [1.165, 1.54) is 16.2 Å². The smallest absolute Gasteiger partial charge is 0.345 e. The van der Waals surface area contributed by atoms with E-state index in [2.05, 4.69) is 0 Å². The predicted octanol–water partition coefficient (Wildman–Crippen LogP) is 3.48. The zero-order valence-electron chi connectivity index (χ0n) is 7.48. The van der Waals surface area contributed by atoms with Crippen LogP contribution in [0.5, 0.6) is 0 Å². The van der Waals surface area contributed by atoms with Gasteiger partial charge in [-0.25, -0.2) is 4.79 Å². The van der Waals surface area contributed by atoms with E-state index < -0.39 is 5.97 Å². The molecule has 0 aliphatic heterocycles. The van der Waals surface area contributed by atoms with E-state index in [1.54, 1.807) is 17.4 Å². The Morgan fingerprint density at radius 3 is 2.29 bits per heavy atom. The second-order valence-electron chi connectivity index (χ2n) is 2.88. The molecule has 2 aromatic rings. The topological polar surface area (TPSA) is 37.3 Å². The van der Waals surface area contributed by atoms with Crippen LogP contribution in [0.25, 0.3) is 9.75 Å². The number of carboxylic acid groups (broad SMARTS) is 1. The fourth-order valence-electron chi connectivity index (χ4n) is 1.15. The van der Waals surface area contributed by atoms with Crippen molar-refractivity contribution < 1.29 is 9.90 Å². The van der Waals surface area contributed by atoms with Crippen LogP contribution in [-0.2, 0) is 0 Å². The third kappa shape index (κ3) is 1.71. The minimum Gasteiger partial charge on any atom is -0.477 e. The van der Waals surface area contributed by atoms with Crippen molar-refractivity contribution in [1.29, 1.82) is 0 Å². The van der Waals surface area contributed by atoms with Crippen LogP contribution in [-0.4, -0.2) is 11.1 Å². The molecule has 0 aliphatic rings. The van der Waals surface area contributed by atoms with Crippen LogP contribution in [0.15, 0.2) is 24.3 Å². The lowest BCUT2D eigenvalue weighted by atomic mass is 10.3. The van der Waals surface area contributed by atoms with Gasteiger partial charge in [0.25, 0.3) is 0 Å². The summed E-state index contributed by atoms with van der Waals surface area (Å²) in [6, 6.07) is 7.58. The Hall–Kier alpha value is -1.13. The molecule has 2 rings (SSSR count). The molecule has 0 unspecified atom stereocenters. The maximum Gasteiger partial charge on any atom is 0.345 e. The lowest BCUT2D eigenvalue weighted by Crippen LogP contribution is -1.89. The highest BCUT2D eigenvalue weighted by Crippen LogP contribution is 2.33. The first-order valence-electron chi connectivity index (χ1n) is 4.07. The fraction of sp³-hybridized carbons (Fsp3) is 0.100. The lowest BCUT2D eigenvalue weighted by Gasteiger charge is -1.87. The average molecular weight is 224 g/mol. The molecule has 1 N–H and O–H groups in total. The third-order valence-corrected chi connectivity index (χ3v) is 4.07. The van der Waals surface area contributed by atoms with Crippen LogP contribution in [0.2, 0.25) is 0 Å². The Kier molecular flexibility index (Phi) is 2.39. The first-order valence-corrected chi connectivity index (χ1v) is 5.70. The summed E-state index contributed by atoms with van der Waals surface area (Å²) in [6.07, 6.45) is 0. The third-order valence-electron chi connectivity index (χ3n) is 1.80. The largest absolute Gasteiger partial charge is 0.477 e. The van der Waals surface area contributed by atoms with Gasteiger partial charge < -0.3 is 5.11 Å². The molecular formula is C10H8O2S2. The van der Waals surface area contributed by atoms with Crippen LogP contribution >= 0.6 is 22.7 Å². The zero-order chi connectivity index (χ0) is 10.1. The molecule has 72 valence electrons. The zero-order valence-corrected chi connectivity index (χ0v) is 9.11. The molecule has 2 aromatic heterocycles. The molecule has 0 aromatic carbocycles. The molecule has 2 nitrogen and oxygen atoms in total. The number of aromatic carboxylic acids is 1. The number of aryl methyl sites for hydroxylation is 1. The maximum absolute atomic E-state index is 10.7. The fourth-order valence-corrected chi connectivity index (χ4v) is 2.95. The molecule has 0 saturated heterocycles. The minimum atomic E-state index is -0.852. The van der Waals surface area contributed by atoms with E-state index >= 15 is 0 Å². The van der Waals surface area contributed by atoms with Crippen LogP contribution < -0.4 is 0 Å². The van der Waals surface area contributed by atoms with E-state index in [9.17, 15) is 4.79 Å². The van der Waals surface area contributed by atoms with Crippen LogP contribution in [0, 0.1) is 6.92 Å². The molecule has 0 bridgehead atoms. The number of hydrogen-bond donors (Lipinski definition) is 1. The quantitative estimate of drug-likeness (QED) is 0.847. The SMILES string of the molecule is Cc1ccc(-c2ccc(C(=O)O)s2)s1. The van der Waals surface area contributed by atoms with E-state index in [4.69, 9.17) is 5.11 Å². The van der Waals surface area contributed by atoms with Crippen LogP contribution in [0.1, 0.15) is 14.5 Å². The van der Waals surface area contributed by atoms with Crippen molar-refractivity contribution in [2.24, 2.45) is 0 Å². The first kappa shape index (κ1) is 9.43. The van der Waals surface area contributed by atoms with Crippen molar-refractivity contribution in [1.82, 2.24) is 0 Å². The number of thiophene rings is 2. The van der Waals surface area contributed by atoms with Crippen molar-refractivity contribution >= 4 is 28.6 Å². The second kappa shape index (κ2) is 3.55. The second-order valence-corrected chi connectivity index (χ2v) is 5.25. The Morgan fingerprint density at radius 1 is 1.14 bits per heavy atom. The molecule has 0 amide bonds. The summed E-state index contributed by atoms with van der Waals surface area (Å²) >= 11 is 3.00. The Labute approximate surface area is 89.5 Å². The monoisotopic (exact) mass is 224 g/mol. The van der Waals surface area contributed by atoms with E-state index in [0.29, 0.717) is 4.88 Å². The van der Waals surface area contributed by atoms with Crippen LogP contribution in [0.3, 0.4) is 0 Å². The van der Waals surface area contributed by atoms with Gasteiger partial charge in [-0.2, -0.15) is 0 Å². The molecule has 0 spiro atoms. The minimum absolute atomic E-state index is 0.394. The van der Waals surface area contributed by atoms with Gasteiger partial charge in [0, 0.05) is 14.6 Å². The molecule has 4 heteroatoms. The summed E-state index contributed by atoms with van der Waals surface area (Å²) in [4.78, 5) is 14.5. The number of rotatable bonds is 2. The molecule has 14 heavy (non-hydrogen) atoms. The molecular weight excluding hydrogens is 216 g/mol. The standard InChI is InChI=1S/C10H8O2S2/c1-6-2-3-7(13-6)8-4-5-9(14-8)10(11)12/h2-5H,1H3,(H,11,12). The Bertz CT molecular complexity index is 468. The first-order chi connectivity index (χ1) is 6.66. The van der Waals surface area contributed by atoms with Gasteiger partial charge in [0.1, 0.15) is 4.88 Å². The maximum atomic E-state index is 10.7. The van der Waals surface area contributed by atoms with Crippen molar-refractivity contribution in [3.63, 3.8) is 0 Å². The van der Waals surface area contributed by atoms with E-state index in [-0.39, 0.29) is 0 Å². The van der Waals surface area contributed by atoms with Gasteiger partial charge in [0.05, 0.1) is 0 Å². The van der Waals surface area contributed by atoms with Gasteiger partial charge in [0.15, 0.2) is 0 Å². The summed E-state index contributed by atoms with van der Waals surface area (Å²) in [6.45, 7) is 2.04.